The molecular formula is C18H14F4N4OS. The monoisotopic (exact) mass is 410 g/mol. The average molecular weight is 410 g/mol. The molecule has 2 aromatic carbocycles. The molecular weight excluding hydrogens is 396 g/mol. The van der Waals surface area contributed by atoms with Crippen LogP contribution in [0.15, 0.2) is 53.7 Å². The Morgan fingerprint density at radius 2 is 1.79 bits per heavy atom. The molecule has 146 valence electrons. The molecule has 28 heavy (non-hydrogen) atoms. The van der Waals surface area contributed by atoms with Crippen molar-refractivity contribution in [3.05, 3.63) is 65.7 Å². The summed E-state index contributed by atoms with van der Waals surface area (Å²) < 4.78 is 53.8. The van der Waals surface area contributed by atoms with E-state index in [-0.39, 0.29) is 11.4 Å². The van der Waals surface area contributed by atoms with Crippen molar-refractivity contribution in [3.63, 3.8) is 0 Å². The summed E-state index contributed by atoms with van der Waals surface area (Å²) in [6.07, 6.45) is -4.57. The first-order valence-electron chi connectivity index (χ1n) is 8.02. The van der Waals surface area contributed by atoms with E-state index in [1.165, 1.54) is 42.5 Å². The number of thioether (sulfide) groups is 1. The number of nitrogens with one attached hydrogen (secondary N) is 1. The lowest BCUT2D eigenvalue weighted by molar-refractivity contribution is -0.137. The fourth-order valence-electron chi connectivity index (χ4n) is 2.48. The van der Waals surface area contributed by atoms with Crippen molar-refractivity contribution in [1.82, 2.24) is 14.8 Å². The number of alkyl halides is 3. The van der Waals surface area contributed by atoms with Gasteiger partial charge in [-0.2, -0.15) is 13.2 Å². The second-order valence-corrected chi connectivity index (χ2v) is 6.66. The topological polar surface area (TPSA) is 59.8 Å². The summed E-state index contributed by atoms with van der Waals surface area (Å²) in [5.41, 5.74) is -0.621. The molecule has 1 N–H and O–H groups in total. The molecule has 0 aliphatic carbocycles. The number of carbonyl (C=O) groups excluding carboxylic acids is 1. The predicted molar refractivity (Wildman–Crippen MR) is 96.9 cm³/mol. The standard InChI is InChI=1S/C18H14F4N4OS/c1-11-24-25-17(26(11)13-8-6-12(19)7-9-13)28-10-16(27)23-15-5-3-2-4-14(15)18(20,21)22/h2-9H,10H2,1H3,(H,23,27). The van der Waals surface area contributed by atoms with Gasteiger partial charge in [-0.25, -0.2) is 4.39 Å². The molecule has 10 heteroatoms. The SMILES string of the molecule is Cc1nnc(SCC(=O)Nc2ccccc2C(F)(F)F)n1-c1ccc(F)cc1. The zero-order valence-electron chi connectivity index (χ0n) is 14.5. The molecule has 1 aromatic heterocycles. The lowest BCUT2D eigenvalue weighted by Crippen LogP contribution is -2.18. The first kappa shape index (κ1) is 19.9. The summed E-state index contributed by atoms with van der Waals surface area (Å²) >= 11 is 1.01. The summed E-state index contributed by atoms with van der Waals surface area (Å²) in [4.78, 5) is 12.2. The largest absolute Gasteiger partial charge is 0.418 e. The van der Waals surface area contributed by atoms with Gasteiger partial charge in [0.25, 0.3) is 0 Å². The number of benzene rings is 2. The number of amides is 1. The van der Waals surface area contributed by atoms with Gasteiger partial charge in [-0.15, -0.1) is 10.2 Å². The van der Waals surface area contributed by atoms with Crippen LogP contribution >= 0.6 is 11.8 Å². The molecule has 5 nitrogen and oxygen atoms in total. The summed E-state index contributed by atoms with van der Waals surface area (Å²) in [5, 5.41) is 10.6. The van der Waals surface area contributed by atoms with Crippen LogP contribution in [0.5, 0.6) is 0 Å². The van der Waals surface area contributed by atoms with Crippen LogP contribution in [0.4, 0.5) is 23.2 Å². The third-order valence-corrected chi connectivity index (χ3v) is 4.65. The molecule has 0 atom stereocenters. The van der Waals surface area contributed by atoms with E-state index in [2.05, 4.69) is 15.5 Å². The Balaban J connectivity index is 1.72. The maximum Gasteiger partial charge on any atom is 0.418 e. The van der Waals surface area contributed by atoms with E-state index in [1.807, 2.05) is 0 Å². The van der Waals surface area contributed by atoms with Gasteiger partial charge in [0.1, 0.15) is 11.6 Å². The lowest BCUT2D eigenvalue weighted by Gasteiger charge is -2.13. The van der Waals surface area contributed by atoms with Crippen molar-refractivity contribution in [1.29, 1.82) is 0 Å². The van der Waals surface area contributed by atoms with Crippen LogP contribution in [-0.2, 0) is 11.0 Å². The predicted octanol–water partition coefficient (Wildman–Crippen LogP) is 4.46. The molecule has 0 bridgehead atoms. The maximum absolute atomic E-state index is 13.1. The van der Waals surface area contributed by atoms with E-state index in [9.17, 15) is 22.4 Å². The number of halogens is 4. The maximum atomic E-state index is 13.1. The molecule has 0 saturated carbocycles. The number of hydrogen-bond donors (Lipinski definition) is 1. The van der Waals surface area contributed by atoms with Gasteiger partial charge < -0.3 is 5.32 Å². The smallest absolute Gasteiger partial charge is 0.325 e. The van der Waals surface area contributed by atoms with Crippen molar-refractivity contribution in [2.24, 2.45) is 0 Å². The lowest BCUT2D eigenvalue weighted by atomic mass is 10.1. The Kier molecular flexibility index (Phi) is 5.68. The van der Waals surface area contributed by atoms with Gasteiger partial charge in [-0.1, -0.05) is 23.9 Å². The van der Waals surface area contributed by atoms with Gasteiger partial charge in [0.2, 0.25) is 5.91 Å². The van der Waals surface area contributed by atoms with Crippen molar-refractivity contribution < 1.29 is 22.4 Å². The molecule has 0 radical (unpaired) electrons. The van der Waals surface area contributed by atoms with Gasteiger partial charge in [0.15, 0.2) is 5.16 Å². The summed E-state index contributed by atoms with van der Waals surface area (Å²) in [6.45, 7) is 1.69. The number of carbonyl (C=O) groups is 1. The number of rotatable bonds is 5. The highest BCUT2D eigenvalue weighted by molar-refractivity contribution is 7.99. The molecule has 0 aliphatic rings. The number of aromatic nitrogens is 3. The fourth-order valence-corrected chi connectivity index (χ4v) is 3.28. The van der Waals surface area contributed by atoms with Gasteiger partial charge in [-0.05, 0) is 43.3 Å². The van der Waals surface area contributed by atoms with E-state index in [0.717, 1.165) is 17.8 Å². The highest BCUT2D eigenvalue weighted by atomic mass is 32.2. The third-order valence-electron chi connectivity index (χ3n) is 3.72. The zero-order chi connectivity index (χ0) is 20.3. The highest BCUT2D eigenvalue weighted by Gasteiger charge is 2.33. The quantitative estimate of drug-likeness (QED) is 0.498. The highest BCUT2D eigenvalue weighted by Crippen LogP contribution is 2.34. The van der Waals surface area contributed by atoms with Crippen LogP contribution in [0.1, 0.15) is 11.4 Å². The molecule has 0 saturated heterocycles. The molecule has 0 aliphatic heterocycles. The summed E-state index contributed by atoms with van der Waals surface area (Å²) in [6, 6.07) is 10.4. The first-order chi connectivity index (χ1) is 13.3. The van der Waals surface area contributed by atoms with Crippen molar-refractivity contribution in [3.8, 4) is 5.69 Å². The normalized spacial score (nSPS) is 11.5. The molecule has 1 heterocycles. The van der Waals surface area contributed by atoms with Crippen molar-refractivity contribution >= 4 is 23.4 Å². The Hall–Kier alpha value is -2.88. The van der Waals surface area contributed by atoms with Gasteiger partial charge in [0, 0.05) is 5.69 Å². The number of anilines is 1. The Labute approximate surface area is 161 Å². The van der Waals surface area contributed by atoms with Crippen molar-refractivity contribution in [2.45, 2.75) is 18.3 Å². The second-order valence-electron chi connectivity index (χ2n) is 5.72. The number of aryl methyl sites for hydroxylation is 1. The minimum atomic E-state index is -4.57. The Morgan fingerprint density at radius 3 is 2.46 bits per heavy atom. The van der Waals surface area contributed by atoms with Gasteiger partial charge >= 0.3 is 6.18 Å². The van der Waals surface area contributed by atoms with Crippen LogP contribution < -0.4 is 5.32 Å². The number of nitrogens with zero attached hydrogens (tertiary/aromatic N) is 3. The minimum Gasteiger partial charge on any atom is -0.325 e. The fraction of sp³-hybridized carbons (Fsp3) is 0.167. The number of para-hydroxylation sites is 1. The molecule has 3 aromatic rings. The molecule has 0 unspecified atom stereocenters. The average Bonchev–Trinajstić information content (AvgIpc) is 3.01. The second kappa shape index (κ2) is 8.01. The Morgan fingerprint density at radius 1 is 1.11 bits per heavy atom. The van der Waals surface area contributed by atoms with E-state index in [0.29, 0.717) is 16.7 Å². The van der Waals surface area contributed by atoms with E-state index >= 15 is 0 Å². The van der Waals surface area contributed by atoms with E-state index < -0.39 is 23.5 Å². The summed E-state index contributed by atoms with van der Waals surface area (Å²) in [5.74, 6) is -0.665. The van der Waals surface area contributed by atoms with Crippen LogP contribution in [0, 0.1) is 12.7 Å². The molecule has 0 fully saturated rings. The number of hydrogen-bond acceptors (Lipinski definition) is 4. The molecule has 0 spiro atoms. The van der Waals surface area contributed by atoms with Gasteiger partial charge in [-0.3, -0.25) is 9.36 Å². The van der Waals surface area contributed by atoms with Gasteiger partial charge in [0.05, 0.1) is 17.0 Å². The van der Waals surface area contributed by atoms with Crippen LogP contribution in [-0.4, -0.2) is 26.4 Å². The van der Waals surface area contributed by atoms with Crippen molar-refractivity contribution in [2.75, 3.05) is 11.1 Å². The first-order valence-corrected chi connectivity index (χ1v) is 9.01. The van der Waals surface area contributed by atoms with Crippen LogP contribution in [0.3, 0.4) is 0 Å². The minimum absolute atomic E-state index is 0.175. The third kappa shape index (κ3) is 4.50. The van der Waals surface area contributed by atoms with E-state index in [1.54, 1.807) is 11.5 Å². The van der Waals surface area contributed by atoms with Crippen LogP contribution in [0.25, 0.3) is 5.69 Å². The van der Waals surface area contributed by atoms with Crippen LogP contribution in [0.2, 0.25) is 0 Å². The molecule has 3 rings (SSSR count). The summed E-state index contributed by atoms with van der Waals surface area (Å²) in [7, 11) is 0. The Bertz CT molecular complexity index is 986. The molecule has 1 amide bonds. The zero-order valence-corrected chi connectivity index (χ0v) is 15.3. The van der Waals surface area contributed by atoms with E-state index in [4.69, 9.17) is 0 Å².